The number of guanidine groups is 1. The first-order valence-corrected chi connectivity index (χ1v) is 8.67. The minimum absolute atomic E-state index is 0.383. The predicted octanol–water partition coefficient (Wildman–Crippen LogP) is 2.95. The van der Waals surface area contributed by atoms with Crippen molar-refractivity contribution in [2.45, 2.75) is 24.8 Å². The van der Waals surface area contributed by atoms with E-state index in [0.29, 0.717) is 12.0 Å². The van der Waals surface area contributed by atoms with Crippen LogP contribution in [0.5, 0.6) is 0 Å². The fraction of sp³-hybridized carbons (Fsp3) is 0.533. The Kier molecular flexibility index (Phi) is 4.41. The number of nitrogens with two attached hydrogens (primary N) is 1. The lowest BCUT2D eigenvalue weighted by atomic mass is 9.76. The highest BCUT2D eigenvalue weighted by molar-refractivity contribution is 7.99. The van der Waals surface area contributed by atoms with E-state index in [1.165, 1.54) is 5.56 Å². The lowest BCUT2D eigenvalue weighted by molar-refractivity contribution is 0.345. The summed E-state index contributed by atoms with van der Waals surface area (Å²) in [5.74, 6) is 3.64. The molecule has 0 atom stereocenters. The SMILES string of the molecule is NC(=NC1CC(c2cccc(Cl)c2)C1)N1CCSCC1. The van der Waals surface area contributed by atoms with Crippen LogP contribution in [0.3, 0.4) is 0 Å². The number of thioether (sulfide) groups is 1. The summed E-state index contributed by atoms with van der Waals surface area (Å²) in [6.07, 6.45) is 2.17. The minimum Gasteiger partial charge on any atom is -0.370 e. The molecule has 0 aromatic heterocycles. The molecule has 3 rings (SSSR count). The van der Waals surface area contributed by atoms with E-state index in [4.69, 9.17) is 17.3 Å². The molecule has 0 radical (unpaired) electrons. The summed E-state index contributed by atoms with van der Waals surface area (Å²) in [4.78, 5) is 6.89. The van der Waals surface area contributed by atoms with Crippen molar-refractivity contribution in [2.24, 2.45) is 10.7 Å². The molecule has 2 aliphatic rings. The Morgan fingerprint density at radius 2 is 2.05 bits per heavy atom. The van der Waals surface area contributed by atoms with Crippen LogP contribution >= 0.6 is 23.4 Å². The van der Waals surface area contributed by atoms with E-state index in [1.54, 1.807) is 0 Å². The quantitative estimate of drug-likeness (QED) is 0.674. The molecule has 1 aliphatic carbocycles. The molecule has 0 amide bonds. The van der Waals surface area contributed by atoms with Crippen molar-refractivity contribution in [2.75, 3.05) is 24.6 Å². The molecule has 5 heteroatoms. The molecule has 0 spiro atoms. The largest absolute Gasteiger partial charge is 0.370 e. The first-order chi connectivity index (χ1) is 9.72. The molecule has 1 aromatic rings. The van der Waals surface area contributed by atoms with Crippen molar-refractivity contribution in [3.8, 4) is 0 Å². The van der Waals surface area contributed by atoms with E-state index in [1.807, 2.05) is 23.9 Å². The molecule has 1 saturated carbocycles. The average Bonchev–Trinajstić information content (AvgIpc) is 2.43. The number of aliphatic imine (C=N–C) groups is 1. The third-order valence-electron chi connectivity index (χ3n) is 4.08. The van der Waals surface area contributed by atoms with Gasteiger partial charge >= 0.3 is 0 Å². The van der Waals surface area contributed by atoms with E-state index in [-0.39, 0.29) is 0 Å². The first-order valence-electron chi connectivity index (χ1n) is 7.14. The lowest BCUT2D eigenvalue weighted by Crippen LogP contribution is -2.44. The van der Waals surface area contributed by atoms with Crippen molar-refractivity contribution >= 4 is 29.3 Å². The molecule has 1 heterocycles. The van der Waals surface area contributed by atoms with Gasteiger partial charge in [-0.3, -0.25) is 0 Å². The molecule has 1 aromatic carbocycles. The van der Waals surface area contributed by atoms with Gasteiger partial charge in [-0.05, 0) is 36.5 Å². The van der Waals surface area contributed by atoms with E-state index in [0.717, 1.165) is 48.4 Å². The number of hydrogen-bond donors (Lipinski definition) is 1. The monoisotopic (exact) mass is 309 g/mol. The molecule has 2 fully saturated rings. The fourth-order valence-corrected chi connectivity index (χ4v) is 3.89. The number of halogens is 1. The Hall–Kier alpha value is -0.870. The van der Waals surface area contributed by atoms with E-state index in [2.05, 4.69) is 22.0 Å². The van der Waals surface area contributed by atoms with E-state index >= 15 is 0 Å². The highest BCUT2D eigenvalue weighted by Gasteiger charge is 2.30. The van der Waals surface area contributed by atoms with Crippen molar-refractivity contribution in [1.82, 2.24) is 4.90 Å². The van der Waals surface area contributed by atoms with Crippen LogP contribution in [-0.4, -0.2) is 41.5 Å². The summed E-state index contributed by atoms with van der Waals surface area (Å²) in [5, 5.41) is 0.819. The van der Waals surface area contributed by atoms with Crippen LogP contribution in [0.4, 0.5) is 0 Å². The van der Waals surface area contributed by atoms with Crippen LogP contribution in [0.2, 0.25) is 5.02 Å². The lowest BCUT2D eigenvalue weighted by Gasteiger charge is -2.35. The van der Waals surface area contributed by atoms with Crippen LogP contribution < -0.4 is 5.73 Å². The third kappa shape index (κ3) is 3.23. The Labute approximate surface area is 129 Å². The maximum absolute atomic E-state index is 6.11. The molecule has 20 heavy (non-hydrogen) atoms. The normalized spacial score (nSPS) is 27.2. The molecule has 3 nitrogen and oxygen atoms in total. The van der Waals surface area contributed by atoms with Crippen LogP contribution in [0.15, 0.2) is 29.3 Å². The van der Waals surface area contributed by atoms with E-state index < -0.39 is 0 Å². The first kappa shape index (κ1) is 14.1. The van der Waals surface area contributed by atoms with Crippen molar-refractivity contribution in [1.29, 1.82) is 0 Å². The Morgan fingerprint density at radius 1 is 1.30 bits per heavy atom. The van der Waals surface area contributed by atoms with Gasteiger partial charge in [0.2, 0.25) is 0 Å². The molecule has 1 aliphatic heterocycles. The van der Waals surface area contributed by atoms with Gasteiger partial charge in [-0.2, -0.15) is 11.8 Å². The zero-order valence-electron chi connectivity index (χ0n) is 11.5. The number of nitrogens with zero attached hydrogens (tertiary/aromatic N) is 2. The maximum Gasteiger partial charge on any atom is 0.191 e. The Morgan fingerprint density at radius 3 is 2.75 bits per heavy atom. The highest BCUT2D eigenvalue weighted by Crippen LogP contribution is 2.39. The number of hydrogen-bond acceptors (Lipinski definition) is 2. The van der Waals surface area contributed by atoms with E-state index in [9.17, 15) is 0 Å². The third-order valence-corrected chi connectivity index (χ3v) is 5.26. The van der Waals surface area contributed by atoms with Crippen LogP contribution in [0, 0.1) is 0 Å². The van der Waals surface area contributed by atoms with Crippen molar-refractivity contribution in [3.05, 3.63) is 34.9 Å². The van der Waals surface area contributed by atoms with Gasteiger partial charge < -0.3 is 10.6 Å². The average molecular weight is 310 g/mol. The van der Waals surface area contributed by atoms with Crippen molar-refractivity contribution in [3.63, 3.8) is 0 Å². The summed E-state index contributed by atoms with van der Waals surface area (Å²) in [5.41, 5.74) is 7.44. The molecular formula is C15H20ClN3S. The van der Waals surface area contributed by atoms with Gasteiger partial charge in [0.1, 0.15) is 0 Å². The summed E-state index contributed by atoms with van der Waals surface area (Å²) in [6.45, 7) is 2.06. The highest BCUT2D eigenvalue weighted by atomic mass is 35.5. The Balaban J connectivity index is 1.54. The molecule has 1 saturated heterocycles. The van der Waals surface area contributed by atoms with Gasteiger partial charge in [0, 0.05) is 29.6 Å². The molecule has 0 bridgehead atoms. The summed E-state index contributed by atoms with van der Waals surface area (Å²) in [7, 11) is 0. The zero-order valence-corrected chi connectivity index (χ0v) is 13.0. The molecular weight excluding hydrogens is 290 g/mol. The minimum atomic E-state index is 0.383. The van der Waals surface area contributed by atoms with Gasteiger partial charge in [0.05, 0.1) is 6.04 Å². The molecule has 2 N–H and O–H groups in total. The van der Waals surface area contributed by atoms with Gasteiger partial charge in [-0.15, -0.1) is 0 Å². The molecule has 0 unspecified atom stereocenters. The Bertz CT molecular complexity index is 494. The fourth-order valence-electron chi connectivity index (χ4n) is 2.79. The van der Waals surface area contributed by atoms with Gasteiger partial charge in [-0.25, -0.2) is 4.99 Å². The summed E-state index contributed by atoms with van der Waals surface area (Å²) < 4.78 is 0. The zero-order chi connectivity index (χ0) is 13.9. The predicted molar refractivity (Wildman–Crippen MR) is 87.7 cm³/mol. The van der Waals surface area contributed by atoms with Gasteiger partial charge in [0.15, 0.2) is 5.96 Å². The summed E-state index contributed by atoms with van der Waals surface area (Å²) in [6, 6.07) is 8.55. The number of rotatable bonds is 2. The van der Waals surface area contributed by atoms with Crippen LogP contribution in [0.1, 0.15) is 24.3 Å². The second-order valence-corrected chi connectivity index (χ2v) is 7.13. The summed E-state index contributed by atoms with van der Waals surface area (Å²) >= 11 is 8.03. The second kappa shape index (κ2) is 6.27. The van der Waals surface area contributed by atoms with Gasteiger partial charge in [-0.1, -0.05) is 23.7 Å². The van der Waals surface area contributed by atoms with Crippen molar-refractivity contribution < 1.29 is 0 Å². The number of benzene rings is 1. The standard InChI is InChI=1S/C15H20ClN3S/c16-13-3-1-2-11(8-13)12-9-14(10-12)18-15(17)19-4-6-20-7-5-19/h1-3,8,12,14H,4-7,9-10H2,(H2,17,18). The van der Waals surface area contributed by atoms with Crippen LogP contribution in [0.25, 0.3) is 0 Å². The van der Waals surface area contributed by atoms with Gasteiger partial charge in [0.25, 0.3) is 0 Å². The maximum atomic E-state index is 6.11. The smallest absolute Gasteiger partial charge is 0.191 e. The topological polar surface area (TPSA) is 41.6 Å². The van der Waals surface area contributed by atoms with Crippen LogP contribution in [-0.2, 0) is 0 Å². The molecule has 108 valence electrons. The second-order valence-electron chi connectivity index (χ2n) is 5.46.